The third kappa shape index (κ3) is 24.1. The van der Waals surface area contributed by atoms with Gasteiger partial charge in [0.2, 0.25) is 65.0 Å². The molecule has 2 fully saturated rings. The van der Waals surface area contributed by atoms with E-state index in [4.69, 9.17) is 17.2 Å². The molecule has 93 heavy (non-hydrogen) atoms. The van der Waals surface area contributed by atoms with Gasteiger partial charge in [0.25, 0.3) is 0 Å². The average molecular weight is 1350 g/mol. The number of aliphatic carboxylic acids is 1. The van der Waals surface area contributed by atoms with E-state index in [-0.39, 0.29) is 100 Å². The number of aliphatic hydroxyl groups excluding tert-OH is 1. The Morgan fingerprint density at radius 1 is 0.581 bits per heavy atom. The van der Waals surface area contributed by atoms with E-state index in [0.717, 1.165) is 0 Å². The van der Waals surface area contributed by atoms with Gasteiger partial charge in [-0.2, -0.15) is 25.3 Å². The van der Waals surface area contributed by atoms with Gasteiger partial charge in [-0.3, -0.25) is 57.7 Å². The molecule has 2 saturated heterocycles. The number of guanidine groups is 1. The van der Waals surface area contributed by atoms with Crippen molar-refractivity contribution in [2.24, 2.45) is 39.9 Å². The third-order valence-electron chi connectivity index (χ3n) is 15.5. The minimum absolute atomic E-state index is 0.0164. The standard InChI is InChI=1S/C58H95N19O14S2/c1-28(2)18-37(49(82)73-41(25-93)57(90)91)69-46(79)31(7)67-48(81)36(12-9-15-64-58(60)61)68-51(84)42-13-10-16-76(42)55(88)39(19-29(3)4)71-50(83)38(20-33-22-62-26-65-33)70-52(85)43-14-11-17-77(43)56(89)40(21-34-23-63-27-66-34)72-54(87)45(32(8)78)75-53(86)44(30(5)6)74-47(80)35(59)24-92/h22-23,26-32,35-45,78,92-93H,9-21,24-25,59H2,1-8H3,(H,62,65)(H,63,66)(H,67,81)(H,68,84)(H,69,79)(H,70,85)(H,71,83)(H,72,87)(H,73,82)(H,74,80)(H,75,86)(H,90,91)(H4,60,61,64)/t31-,32+,35-,36-,37-,38-,39-,40-,41-,42-,43-,44-,45-/m0/s1. The number of hydrogen-bond acceptors (Lipinski definition) is 19. The van der Waals surface area contributed by atoms with Crippen molar-refractivity contribution >= 4 is 102 Å². The van der Waals surface area contributed by atoms with Gasteiger partial charge in [-0.1, -0.05) is 41.5 Å². The lowest BCUT2D eigenvalue weighted by Gasteiger charge is -2.32. The second kappa shape index (κ2) is 37.6. The third-order valence-corrected chi connectivity index (χ3v) is 16.3. The Bertz CT molecular complexity index is 2900. The summed E-state index contributed by atoms with van der Waals surface area (Å²) in [7, 11) is 0. The lowest BCUT2D eigenvalue weighted by molar-refractivity contribution is -0.144. The van der Waals surface area contributed by atoms with Gasteiger partial charge in [-0.15, -0.1) is 0 Å². The molecule has 0 spiro atoms. The zero-order valence-corrected chi connectivity index (χ0v) is 55.6. The van der Waals surface area contributed by atoms with Crippen LogP contribution in [-0.4, -0.2) is 227 Å². The molecular formula is C58H95N19O14S2. The molecule has 19 N–H and O–H groups in total. The van der Waals surface area contributed by atoms with Crippen molar-refractivity contribution in [3.05, 3.63) is 36.4 Å². The summed E-state index contributed by atoms with van der Waals surface area (Å²) >= 11 is 8.04. The Hall–Kier alpha value is -8.05. The number of nitrogens with one attached hydrogen (secondary N) is 11. The van der Waals surface area contributed by atoms with Crippen molar-refractivity contribution in [3.63, 3.8) is 0 Å². The Kier molecular flexibility index (Phi) is 31.3. The van der Waals surface area contributed by atoms with Gasteiger partial charge in [-0.25, -0.2) is 14.8 Å². The number of carboxylic acids is 1. The first-order valence-corrected chi connectivity index (χ1v) is 32.4. The number of thiol groups is 2. The topological polar surface area (TPSA) is 508 Å². The van der Waals surface area contributed by atoms with E-state index in [1.165, 1.54) is 48.7 Å². The van der Waals surface area contributed by atoms with Gasteiger partial charge in [0.1, 0.15) is 66.5 Å². The number of imidazole rings is 2. The van der Waals surface area contributed by atoms with E-state index in [9.17, 15) is 67.7 Å². The monoisotopic (exact) mass is 1350 g/mol. The van der Waals surface area contributed by atoms with Crippen LogP contribution in [0.5, 0.6) is 0 Å². The summed E-state index contributed by atoms with van der Waals surface area (Å²) in [5.74, 6) is -11.1. The molecule has 518 valence electrons. The number of aromatic amines is 2. The lowest BCUT2D eigenvalue weighted by Crippen LogP contribution is -2.62. The zero-order valence-electron chi connectivity index (χ0n) is 53.8. The van der Waals surface area contributed by atoms with Crippen LogP contribution in [0.4, 0.5) is 0 Å². The number of likely N-dealkylation sites (tertiary alicyclic amines) is 2. The number of rotatable bonds is 37. The van der Waals surface area contributed by atoms with Crippen LogP contribution >= 0.6 is 25.3 Å². The fraction of sp³-hybridized carbons (Fsp3) is 0.672. The van der Waals surface area contributed by atoms with E-state index in [1.54, 1.807) is 27.7 Å². The normalized spacial score (nSPS) is 18.2. The van der Waals surface area contributed by atoms with E-state index in [0.29, 0.717) is 24.2 Å². The van der Waals surface area contributed by atoms with Gasteiger partial charge in [-0.05, 0) is 83.0 Å². The molecule has 0 unspecified atom stereocenters. The summed E-state index contributed by atoms with van der Waals surface area (Å²) in [5, 5.41) is 43.8. The summed E-state index contributed by atoms with van der Waals surface area (Å²) in [6, 6.07) is -15.4. The van der Waals surface area contributed by atoms with Gasteiger partial charge in [0.05, 0.1) is 24.8 Å². The van der Waals surface area contributed by atoms with E-state index < -0.39 is 155 Å². The largest absolute Gasteiger partial charge is 0.480 e. The van der Waals surface area contributed by atoms with Crippen molar-refractivity contribution in [1.29, 1.82) is 0 Å². The number of carboxylic acid groups (broad SMARTS) is 1. The molecule has 11 amide bonds. The number of H-pyrrole nitrogens is 2. The van der Waals surface area contributed by atoms with E-state index >= 15 is 0 Å². The average Bonchev–Trinajstić information content (AvgIpc) is 1.83. The van der Waals surface area contributed by atoms with Crippen LogP contribution in [0.1, 0.15) is 118 Å². The zero-order chi connectivity index (χ0) is 69.4. The summed E-state index contributed by atoms with van der Waals surface area (Å²) in [6.45, 7) is 13.3. The Labute approximate surface area is 551 Å². The Balaban J connectivity index is 1.55. The molecule has 0 aromatic carbocycles. The maximum Gasteiger partial charge on any atom is 0.327 e. The van der Waals surface area contributed by atoms with Crippen molar-refractivity contribution in [3.8, 4) is 0 Å². The molecule has 0 aliphatic carbocycles. The van der Waals surface area contributed by atoms with Crippen LogP contribution < -0.4 is 65.1 Å². The molecule has 0 saturated carbocycles. The van der Waals surface area contributed by atoms with E-state index in [2.05, 4.69) is 98.0 Å². The molecule has 13 atom stereocenters. The fourth-order valence-corrected chi connectivity index (χ4v) is 11.0. The molecule has 0 radical (unpaired) electrons. The van der Waals surface area contributed by atoms with Crippen LogP contribution in [0.3, 0.4) is 0 Å². The van der Waals surface area contributed by atoms with Crippen molar-refractivity contribution < 1.29 is 67.7 Å². The van der Waals surface area contributed by atoms with Crippen LogP contribution in [-0.2, 0) is 70.4 Å². The Morgan fingerprint density at radius 2 is 1.04 bits per heavy atom. The first kappa shape index (κ1) is 77.4. The molecule has 35 heteroatoms. The van der Waals surface area contributed by atoms with E-state index in [1.807, 2.05) is 13.8 Å². The maximum absolute atomic E-state index is 14.8. The molecule has 0 bridgehead atoms. The first-order valence-electron chi connectivity index (χ1n) is 31.1. The molecule has 2 aromatic rings. The molecular weight excluding hydrogens is 1250 g/mol. The fourth-order valence-electron chi connectivity index (χ4n) is 10.5. The predicted octanol–water partition coefficient (Wildman–Crippen LogP) is -4.26. The summed E-state index contributed by atoms with van der Waals surface area (Å²) < 4.78 is 0. The quantitative estimate of drug-likeness (QED) is 0.0132. The second-order valence-corrected chi connectivity index (χ2v) is 25.2. The van der Waals surface area contributed by atoms with Crippen LogP contribution in [0, 0.1) is 17.8 Å². The lowest BCUT2D eigenvalue weighted by atomic mass is 10.0. The van der Waals surface area contributed by atoms with Gasteiger partial charge < -0.3 is 95.0 Å². The highest BCUT2D eigenvalue weighted by atomic mass is 32.1. The SMILES string of the molecule is CC(C)C[C@H](NC(=O)[C@H](C)NC(=O)[C@H](CCCN=C(N)N)NC(=O)[C@@H]1CCCN1C(=O)[C@H](CC(C)C)NC(=O)[C@H](Cc1cnc[nH]1)NC(=O)[C@@H]1CCCN1C(=O)[C@H](Cc1cnc[nH]1)NC(=O)[C@@H](NC(=O)[C@@H](NC(=O)[C@@H](N)CS)C(C)C)[C@@H](C)O)C(=O)N[C@@H](CS)C(=O)O. The van der Waals surface area contributed by atoms with Crippen LogP contribution in [0.2, 0.25) is 0 Å². The highest BCUT2D eigenvalue weighted by Crippen LogP contribution is 2.23. The van der Waals surface area contributed by atoms with Crippen molar-refractivity contribution in [2.45, 2.75) is 198 Å². The van der Waals surface area contributed by atoms with Crippen LogP contribution in [0.25, 0.3) is 0 Å². The van der Waals surface area contributed by atoms with Crippen LogP contribution in [0.15, 0.2) is 30.0 Å². The summed E-state index contributed by atoms with van der Waals surface area (Å²) in [5.41, 5.74) is 17.7. The molecule has 2 aliphatic heterocycles. The van der Waals surface area contributed by atoms with Gasteiger partial charge >= 0.3 is 5.97 Å². The number of carbonyl (C=O) groups is 12. The Morgan fingerprint density at radius 3 is 1.53 bits per heavy atom. The second-order valence-electron chi connectivity index (χ2n) is 24.5. The number of hydrogen-bond donors (Lipinski definition) is 18. The predicted molar refractivity (Wildman–Crippen MR) is 346 cm³/mol. The first-order chi connectivity index (χ1) is 43.9. The minimum atomic E-state index is -1.64. The highest BCUT2D eigenvalue weighted by Gasteiger charge is 2.43. The number of nitrogens with two attached hydrogens (primary N) is 3. The highest BCUT2D eigenvalue weighted by molar-refractivity contribution is 7.80. The molecule has 2 aliphatic rings. The number of aromatic nitrogens is 4. The smallest absolute Gasteiger partial charge is 0.327 e. The van der Waals surface area contributed by atoms with Gasteiger partial charge in [0, 0.05) is 67.8 Å². The van der Waals surface area contributed by atoms with Crippen molar-refractivity contribution in [1.82, 2.24) is 77.6 Å². The summed E-state index contributed by atoms with van der Waals surface area (Å²) in [4.78, 5) is 187. The number of aliphatic imine (C=N–C) groups is 1. The molecule has 2 aromatic heterocycles. The number of amides is 11. The number of aliphatic hydroxyl groups is 1. The molecule has 4 heterocycles. The molecule has 33 nitrogen and oxygen atoms in total. The number of carbonyl (C=O) groups excluding carboxylic acids is 11. The molecule has 4 rings (SSSR count). The minimum Gasteiger partial charge on any atom is -0.480 e. The van der Waals surface area contributed by atoms with Gasteiger partial charge in [0.15, 0.2) is 5.96 Å². The summed E-state index contributed by atoms with van der Waals surface area (Å²) in [6.07, 6.45) is 4.96. The van der Waals surface area contributed by atoms with Crippen molar-refractivity contribution in [2.75, 3.05) is 31.1 Å². The number of nitrogens with zero attached hydrogens (tertiary/aromatic N) is 5. The maximum atomic E-state index is 14.8.